The Kier molecular flexibility index (Phi) is 3.91. The van der Waals surface area contributed by atoms with Gasteiger partial charge in [-0.1, -0.05) is 0 Å². The van der Waals surface area contributed by atoms with Crippen LogP contribution in [0.3, 0.4) is 0 Å². The molecule has 0 aliphatic carbocycles. The summed E-state index contributed by atoms with van der Waals surface area (Å²) in [6.07, 6.45) is 0. The number of halogens is 2. The minimum Gasteiger partial charge on any atom is -0.493 e. The largest absolute Gasteiger partial charge is 0.493 e. The first-order valence-corrected chi connectivity index (χ1v) is 5.47. The summed E-state index contributed by atoms with van der Waals surface area (Å²) in [6.45, 7) is 2.73. The molecule has 0 radical (unpaired) electrons. The molecule has 0 N–H and O–H groups in total. The summed E-state index contributed by atoms with van der Waals surface area (Å²) in [5.74, 6) is 0.986. The summed E-state index contributed by atoms with van der Waals surface area (Å²) >= 11 is 4.55. The molecule has 0 unspecified atom stereocenters. The van der Waals surface area contributed by atoms with E-state index in [2.05, 4.69) is 57.3 Å². The Morgan fingerprint density at radius 3 is 2.73 bits per heavy atom. The van der Waals surface area contributed by atoms with Crippen LogP contribution >= 0.6 is 45.2 Å². The van der Waals surface area contributed by atoms with Crippen LogP contribution in [0.5, 0.6) is 5.75 Å². The Labute approximate surface area is 93.8 Å². The lowest BCUT2D eigenvalue weighted by Gasteiger charge is -2.04. The Bertz CT molecular complexity index is 248. The zero-order valence-corrected chi connectivity index (χ0v) is 10.4. The first kappa shape index (κ1) is 9.57. The predicted octanol–water partition coefficient (Wildman–Crippen LogP) is 3.29. The molecule has 0 fully saturated rings. The Hall–Kier alpha value is 0.480. The highest BCUT2D eigenvalue weighted by Crippen LogP contribution is 2.22. The highest BCUT2D eigenvalue weighted by Gasteiger charge is 1.99. The van der Waals surface area contributed by atoms with E-state index < -0.39 is 0 Å². The number of ether oxygens (including phenoxy) is 1. The molecule has 1 aromatic rings. The van der Waals surface area contributed by atoms with Crippen molar-refractivity contribution < 1.29 is 4.74 Å². The van der Waals surface area contributed by atoms with Crippen molar-refractivity contribution in [1.29, 1.82) is 0 Å². The van der Waals surface area contributed by atoms with Gasteiger partial charge in [-0.25, -0.2) is 0 Å². The molecule has 0 atom stereocenters. The average molecular weight is 374 g/mol. The van der Waals surface area contributed by atoms with Crippen molar-refractivity contribution in [2.75, 3.05) is 6.61 Å². The topological polar surface area (TPSA) is 9.23 Å². The van der Waals surface area contributed by atoms with Gasteiger partial charge >= 0.3 is 0 Å². The van der Waals surface area contributed by atoms with Gasteiger partial charge in [-0.05, 0) is 70.3 Å². The van der Waals surface area contributed by atoms with Crippen molar-refractivity contribution in [3.63, 3.8) is 0 Å². The van der Waals surface area contributed by atoms with E-state index in [9.17, 15) is 0 Å². The van der Waals surface area contributed by atoms with Crippen molar-refractivity contribution in [1.82, 2.24) is 0 Å². The van der Waals surface area contributed by atoms with E-state index in [1.165, 1.54) is 7.14 Å². The van der Waals surface area contributed by atoms with Gasteiger partial charge in [0.2, 0.25) is 0 Å². The molecule has 3 heteroatoms. The summed E-state index contributed by atoms with van der Waals surface area (Å²) in [4.78, 5) is 0. The second kappa shape index (κ2) is 4.49. The number of hydrogen-bond donors (Lipinski definition) is 0. The van der Waals surface area contributed by atoms with E-state index in [0.717, 1.165) is 12.4 Å². The van der Waals surface area contributed by atoms with Crippen molar-refractivity contribution in [3.05, 3.63) is 25.3 Å². The van der Waals surface area contributed by atoms with Gasteiger partial charge in [0.15, 0.2) is 0 Å². The van der Waals surface area contributed by atoms with Crippen molar-refractivity contribution in [2.24, 2.45) is 0 Å². The van der Waals surface area contributed by atoms with Crippen LogP contribution in [0.4, 0.5) is 0 Å². The van der Waals surface area contributed by atoms with E-state index >= 15 is 0 Å². The lowest BCUT2D eigenvalue weighted by Crippen LogP contribution is -1.93. The summed E-state index contributed by atoms with van der Waals surface area (Å²) in [5.41, 5.74) is 0. The third kappa shape index (κ3) is 2.77. The third-order valence-corrected chi connectivity index (χ3v) is 2.76. The Balaban J connectivity index is 2.93. The maximum Gasteiger partial charge on any atom is 0.133 e. The third-order valence-electron chi connectivity index (χ3n) is 1.19. The van der Waals surface area contributed by atoms with Crippen LogP contribution in [0, 0.1) is 7.14 Å². The van der Waals surface area contributed by atoms with Gasteiger partial charge in [-0.3, -0.25) is 0 Å². The van der Waals surface area contributed by atoms with E-state index in [0.29, 0.717) is 0 Å². The van der Waals surface area contributed by atoms with Crippen LogP contribution in [-0.2, 0) is 0 Å². The number of benzene rings is 1. The van der Waals surface area contributed by atoms with Gasteiger partial charge in [-0.15, -0.1) is 0 Å². The fraction of sp³-hybridized carbons (Fsp3) is 0.250. The van der Waals surface area contributed by atoms with Gasteiger partial charge in [0.1, 0.15) is 5.75 Å². The second-order valence-corrected chi connectivity index (χ2v) is 4.42. The predicted molar refractivity (Wildman–Crippen MR) is 63.0 cm³/mol. The summed E-state index contributed by atoms with van der Waals surface area (Å²) in [6, 6.07) is 6.18. The maximum atomic E-state index is 5.41. The van der Waals surface area contributed by atoms with Crippen LogP contribution in [-0.4, -0.2) is 6.61 Å². The molecule has 1 nitrogen and oxygen atoms in total. The highest BCUT2D eigenvalue weighted by molar-refractivity contribution is 14.1. The zero-order chi connectivity index (χ0) is 8.27. The summed E-state index contributed by atoms with van der Waals surface area (Å²) in [5, 5.41) is 0. The molecule has 1 aromatic carbocycles. The van der Waals surface area contributed by atoms with E-state index in [1.807, 2.05) is 13.0 Å². The van der Waals surface area contributed by atoms with E-state index in [-0.39, 0.29) is 0 Å². The molecule has 0 saturated carbocycles. The van der Waals surface area contributed by atoms with Crippen molar-refractivity contribution in [2.45, 2.75) is 6.92 Å². The molecule has 0 saturated heterocycles. The molecule has 11 heavy (non-hydrogen) atoms. The standard InChI is InChI=1S/C8H8I2O/c1-2-11-8-5-6(9)3-4-7(8)10/h3-5H,2H2,1H3. The lowest BCUT2D eigenvalue weighted by atomic mass is 10.3. The highest BCUT2D eigenvalue weighted by atomic mass is 127. The van der Waals surface area contributed by atoms with Crippen molar-refractivity contribution >= 4 is 45.2 Å². The zero-order valence-electron chi connectivity index (χ0n) is 6.10. The van der Waals surface area contributed by atoms with Gasteiger partial charge in [0, 0.05) is 3.57 Å². The summed E-state index contributed by atoms with van der Waals surface area (Å²) < 4.78 is 7.79. The van der Waals surface area contributed by atoms with Gasteiger partial charge < -0.3 is 4.74 Å². The van der Waals surface area contributed by atoms with Gasteiger partial charge in [0.05, 0.1) is 10.2 Å². The maximum absolute atomic E-state index is 5.41. The van der Waals surface area contributed by atoms with Crippen LogP contribution < -0.4 is 4.74 Å². The van der Waals surface area contributed by atoms with Gasteiger partial charge in [-0.2, -0.15) is 0 Å². The van der Waals surface area contributed by atoms with Gasteiger partial charge in [0.25, 0.3) is 0 Å². The fourth-order valence-electron chi connectivity index (χ4n) is 0.743. The van der Waals surface area contributed by atoms with Crippen molar-refractivity contribution in [3.8, 4) is 5.75 Å². The smallest absolute Gasteiger partial charge is 0.133 e. The molecular weight excluding hydrogens is 366 g/mol. The molecule has 0 spiro atoms. The van der Waals surface area contributed by atoms with Crippen LogP contribution in [0.1, 0.15) is 6.92 Å². The minimum absolute atomic E-state index is 0.732. The SMILES string of the molecule is CCOc1cc(I)ccc1I. The Morgan fingerprint density at radius 2 is 2.09 bits per heavy atom. The number of hydrogen-bond acceptors (Lipinski definition) is 1. The monoisotopic (exact) mass is 374 g/mol. The number of rotatable bonds is 2. The minimum atomic E-state index is 0.732. The Morgan fingerprint density at radius 1 is 1.36 bits per heavy atom. The lowest BCUT2D eigenvalue weighted by molar-refractivity contribution is 0.337. The quantitative estimate of drug-likeness (QED) is 0.723. The first-order chi connectivity index (χ1) is 5.24. The first-order valence-electron chi connectivity index (χ1n) is 3.32. The summed E-state index contributed by atoms with van der Waals surface area (Å²) in [7, 11) is 0. The molecule has 0 amide bonds. The van der Waals surface area contributed by atoms with Crippen LogP contribution in [0.15, 0.2) is 18.2 Å². The normalized spacial score (nSPS) is 9.73. The van der Waals surface area contributed by atoms with Crippen LogP contribution in [0.25, 0.3) is 0 Å². The molecule has 1 rings (SSSR count). The molecule has 0 aromatic heterocycles. The molecule has 0 aliphatic rings. The molecule has 0 heterocycles. The van der Waals surface area contributed by atoms with E-state index in [4.69, 9.17) is 4.74 Å². The fourth-order valence-corrected chi connectivity index (χ4v) is 1.70. The average Bonchev–Trinajstić information content (AvgIpc) is 1.98. The molecular formula is C8H8I2O. The van der Waals surface area contributed by atoms with Crippen LogP contribution in [0.2, 0.25) is 0 Å². The molecule has 60 valence electrons. The molecule has 0 bridgehead atoms. The second-order valence-electron chi connectivity index (χ2n) is 2.01. The molecule has 0 aliphatic heterocycles. The van der Waals surface area contributed by atoms with E-state index in [1.54, 1.807) is 0 Å².